The smallest absolute Gasteiger partial charge is 0.371 e. The van der Waals surface area contributed by atoms with Gasteiger partial charge in [-0.15, -0.1) is 0 Å². The molecule has 244 valence electrons. The third-order valence-electron chi connectivity index (χ3n) is 10.5. The van der Waals surface area contributed by atoms with Gasteiger partial charge < -0.3 is 19.8 Å². The molecule has 7 nitrogen and oxygen atoms in total. The summed E-state index contributed by atoms with van der Waals surface area (Å²) >= 11 is 6.64. The van der Waals surface area contributed by atoms with Crippen molar-refractivity contribution in [3.8, 4) is 0 Å². The molecule has 6 rings (SSSR count). The van der Waals surface area contributed by atoms with Crippen LogP contribution in [0.4, 0.5) is 18.9 Å². The fraction of sp³-hybridized carbons (Fsp3) is 0.588. The van der Waals surface area contributed by atoms with Crippen LogP contribution in [0.15, 0.2) is 48.5 Å². The maximum Gasteiger partial charge on any atom is 0.430 e. The molecule has 0 aromatic heterocycles. The Kier molecular flexibility index (Phi) is 9.37. The minimum absolute atomic E-state index is 0.0132. The van der Waals surface area contributed by atoms with E-state index in [-0.39, 0.29) is 19.0 Å². The van der Waals surface area contributed by atoms with Crippen molar-refractivity contribution in [2.24, 2.45) is 11.8 Å². The quantitative estimate of drug-likeness (QED) is 0.446. The first-order valence-corrected chi connectivity index (χ1v) is 16.7. The highest BCUT2D eigenvalue weighted by molar-refractivity contribution is 6.34. The zero-order chi connectivity index (χ0) is 31.8. The SMILES string of the molecule is O=C(c1ccc(N2CCC(C3CCN(C(=O)C(O)(c4ccccc4)C(F)(F)F)CC3)CC2)cc1Cl)N1CC(N2CCCCC2)C1. The summed E-state index contributed by atoms with van der Waals surface area (Å²) in [7, 11) is 0. The molecule has 0 bridgehead atoms. The molecule has 1 atom stereocenters. The predicted molar refractivity (Wildman–Crippen MR) is 167 cm³/mol. The summed E-state index contributed by atoms with van der Waals surface area (Å²) in [5.41, 5.74) is -2.49. The number of piperidine rings is 3. The summed E-state index contributed by atoms with van der Waals surface area (Å²) in [6.45, 7) is 5.78. The summed E-state index contributed by atoms with van der Waals surface area (Å²) < 4.78 is 42.1. The van der Waals surface area contributed by atoms with Crippen molar-refractivity contribution in [2.75, 3.05) is 57.3 Å². The molecule has 4 heterocycles. The first-order valence-electron chi connectivity index (χ1n) is 16.3. The Bertz CT molecular complexity index is 1350. The lowest BCUT2D eigenvalue weighted by Gasteiger charge is -2.46. The largest absolute Gasteiger partial charge is 0.430 e. The predicted octanol–water partition coefficient (Wildman–Crippen LogP) is 5.56. The number of rotatable bonds is 6. The maximum absolute atomic E-state index is 14.0. The van der Waals surface area contributed by atoms with Gasteiger partial charge in [-0.3, -0.25) is 14.5 Å². The molecule has 4 aliphatic rings. The molecule has 2 aromatic rings. The number of nitrogens with zero attached hydrogens (tertiary/aromatic N) is 4. The van der Waals surface area contributed by atoms with Gasteiger partial charge in [-0.05, 0) is 81.6 Å². The number of hydrogen-bond acceptors (Lipinski definition) is 5. The minimum Gasteiger partial charge on any atom is -0.371 e. The van der Waals surface area contributed by atoms with Crippen molar-refractivity contribution in [2.45, 2.75) is 62.8 Å². The van der Waals surface area contributed by atoms with E-state index in [0.717, 1.165) is 69.9 Å². The van der Waals surface area contributed by atoms with E-state index in [0.29, 0.717) is 41.3 Å². The molecule has 2 amide bonds. The van der Waals surface area contributed by atoms with Crippen LogP contribution in [0.25, 0.3) is 0 Å². The minimum atomic E-state index is -5.13. The highest BCUT2D eigenvalue weighted by Crippen LogP contribution is 2.42. The van der Waals surface area contributed by atoms with Crippen LogP contribution in [-0.2, 0) is 10.4 Å². The Morgan fingerprint density at radius 1 is 0.778 bits per heavy atom. The van der Waals surface area contributed by atoms with Crippen molar-refractivity contribution < 1.29 is 27.9 Å². The van der Waals surface area contributed by atoms with Crippen LogP contribution < -0.4 is 4.90 Å². The molecular formula is C34H42ClF3N4O3. The molecule has 45 heavy (non-hydrogen) atoms. The average molecular weight is 647 g/mol. The van der Waals surface area contributed by atoms with E-state index >= 15 is 0 Å². The number of carbonyl (C=O) groups is 2. The van der Waals surface area contributed by atoms with Gasteiger partial charge in [0.1, 0.15) is 0 Å². The average Bonchev–Trinajstić information content (AvgIpc) is 3.04. The van der Waals surface area contributed by atoms with Crippen molar-refractivity contribution in [1.29, 1.82) is 0 Å². The van der Waals surface area contributed by atoms with Gasteiger partial charge in [0.25, 0.3) is 17.4 Å². The van der Waals surface area contributed by atoms with E-state index in [1.807, 2.05) is 23.1 Å². The number of aliphatic hydroxyl groups is 1. The lowest BCUT2D eigenvalue weighted by atomic mass is 9.78. The van der Waals surface area contributed by atoms with Gasteiger partial charge >= 0.3 is 6.18 Å². The first kappa shape index (κ1) is 32.1. The zero-order valence-electron chi connectivity index (χ0n) is 25.5. The Morgan fingerprint density at radius 3 is 1.96 bits per heavy atom. The van der Waals surface area contributed by atoms with Crippen LogP contribution in [0.5, 0.6) is 0 Å². The van der Waals surface area contributed by atoms with Crippen molar-refractivity contribution >= 4 is 29.1 Å². The number of benzene rings is 2. The lowest BCUT2D eigenvalue weighted by molar-refractivity contribution is -0.262. The number of anilines is 1. The molecule has 4 saturated heterocycles. The van der Waals surface area contributed by atoms with Gasteiger partial charge in [-0.25, -0.2) is 0 Å². The molecular weight excluding hydrogens is 605 g/mol. The van der Waals surface area contributed by atoms with Gasteiger partial charge in [-0.1, -0.05) is 48.4 Å². The van der Waals surface area contributed by atoms with E-state index in [2.05, 4.69) is 9.80 Å². The summed E-state index contributed by atoms with van der Waals surface area (Å²) in [5, 5.41) is 11.2. The monoisotopic (exact) mass is 646 g/mol. The molecule has 4 fully saturated rings. The standard InChI is InChI=1S/C34H42ClF3N4O3/c35-30-21-27(9-10-29(30)31(43)42-22-28(23-42)39-15-5-2-6-16-39)40-17-11-24(12-18-40)25-13-19-41(20-14-25)32(44)33(45,34(36,37)38)26-7-3-1-4-8-26/h1,3-4,7-10,21,24-25,28,45H,2,5-6,11-20,22-23H2. The lowest BCUT2D eigenvalue weighted by Crippen LogP contribution is -2.61. The van der Waals surface area contributed by atoms with Crippen LogP contribution in [0, 0.1) is 11.8 Å². The Labute approximate surface area is 267 Å². The van der Waals surface area contributed by atoms with E-state index in [1.165, 1.54) is 36.3 Å². The number of hydrogen-bond donors (Lipinski definition) is 1. The molecule has 4 aliphatic heterocycles. The number of carbonyl (C=O) groups excluding carboxylic acids is 2. The number of alkyl halides is 3. The molecule has 1 N–H and O–H groups in total. The fourth-order valence-electron chi connectivity index (χ4n) is 7.70. The van der Waals surface area contributed by atoms with Crippen LogP contribution in [-0.4, -0.2) is 96.2 Å². The molecule has 0 radical (unpaired) electrons. The van der Waals surface area contributed by atoms with Crippen molar-refractivity contribution in [3.05, 3.63) is 64.7 Å². The Morgan fingerprint density at radius 2 is 1.38 bits per heavy atom. The van der Waals surface area contributed by atoms with Crippen molar-refractivity contribution in [1.82, 2.24) is 14.7 Å². The van der Waals surface area contributed by atoms with Crippen LogP contribution in [0.1, 0.15) is 60.9 Å². The van der Waals surface area contributed by atoms with E-state index < -0.39 is 23.2 Å². The van der Waals surface area contributed by atoms with E-state index in [4.69, 9.17) is 11.6 Å². The van der Waals surface area contributed by atoms with Gasteiger partial charge in [-0.2, -0.15) is 13.2 Å². The molecule has 2 aromatic carbocycles. The fourth-order valence-corrected chi connectivity index (χ4v) is 7.96. The van der Waals surface area contributed by atoms with Crippen LogP contribution in [0.2, 0.25) is 5.02 Å². The zero-order valence-corrected chi connectivity index (χ0v) is 26.3. The second-order valence-corrected chi connectivity index (χ2v) is 13.6. The first-order chi connectivity index (χ1) is 21.6. The van der Waals surface area contributed by atoms with E-state index in [1.54, 1.807) is 6.07 Å². The van der Waals surface area contributed by atoms with Crippen LogP contribution in [0.3, 0.4) is 0 Å². The normalized spacial score (nSPS) is 22.6. The van der Waals surface area contributed by atoms with Crippen LogP contribution >= 0.6 is 11.6 Å². The van der Waals surface area contributed by atoms with Crippen molar-refractivity contribution in [3.63, 3.8) is 0 Å². The summed E-state index contributed by atoms with van der Waals surface area (Å²) in [6.07, 6.45) is 1.71. The Hall–Kier alpha value is -2.82. The number of amides is 2. The van der Waals surface area contributed by atoms with Gasteiger partial charge in [0.15, 0.2) is 0 Å². The second-order valence-electron chi connectivity index (χ2n) is 13.2. The highest BCUT2D eigenvalue weighted by atomic mass is 35.5. The molecule has 0 saturated carbocycles. The third kappa shape index (κ3) is 6.43. The maximum atomic E-state index is 14.0. The summed E-state index contributed by atoms with van der Waals surface area (Å²) in [5.74, 6) is -0.601. The van der Waals surface area contributed by atoms with Gasteiger partial charge in [0.05, 0.1) is 10.6 Å². The Balaban J connectivity index is 0.992. The second kappa shape index (κ2) is 13.1. The molecule has 0 spiro atoms. The highest BCUT2D eigenvalue weighted by Gasteiger charge is 2.62. The van der Waals surface area contributed by atoms with Gasteiger partial charge in [0, 0.05) is 56.6 Å². The summed E-state index contributed by atoms with van der Waals surface area (Å²) in [6, 6.07) is 12.8. The number of halogens is 4. The van der Waals surface area contributed by atoms with E-state index in [9.17, 15) is 27.9 Å². The molecule has 1 unspecified atom stereocenters. The summed E-state index contributed by atoms with van der Waals surface area (Å²) in [4.78, 5) is 34.1. The third-order valence-corrected chi connectivity index (χ3v) is 10.9. The molecule has 0 aliphatic carbocycles. The molecule has 11 heteroatoms. The van der Waals surface area contributed by atoms with Gasteiger partial charge in [0.2, 0.25) is 0 Å². The number of likely N-dealkylation sites (tertiary alicyclic amines) is 3. The topological polar surface area (TPSA) is 67.3 Å².